The van der Waals surface area contributed by atoms with E-state index in [0.29, 0.717) is 18.0 Å². The lowest BCUT2D eigenvalue weighted by molar-refractivity contribution is 0.249. The summed E-state index contributed by atoms with van der Waals surface area (Å²) >= 11 is 0. The highest BCUT2D eigenvalue weighted by atomic mass is 16.5. The lowest BCUT2D eigenvalue weighted by Gasteiger charge is -2.26. The van der Waals surface area contributed by atoms with E-state index in [0.717, 1.165) is 22.4 Å². The van der Waals surface area contributed by atoms with E-state index in [2.05, 4.69) is 30.5 Å². The van der Waals surface area contributed by atoms with E-state index in [-0.39, 0.29) is 11.4 Å². The third kappa shape index (κ3) is 4.91. The van der Waals surface area contributed by atoms with Crippen LogP contribution in [-0.2, 0) is 5.41 Å². The van der Waals surface area contributed by atoms with Gasteiger partial charge in [-0.05, 0) is 54.8 Å². The van der Waals surface area contributed by atoms with E-state index in [9.17, 15) is 4.79 Å². The molecule has 2 rings (SSSR count). The number of benzene rings is 2. The molecule has 0 radical (unpaired) electrons. The van der Waals surface area contributed by atoms with Gasteiger partial charge < -0.3 is 20.1 Å². The Bertz CT molecular complexity index is 765. The maximum Gasteiger partial charge on any atom is 0.319 e. The number of hydrogen-bond donors (Lipinski definition) is 2. The first-order valence-electron chi connectivity index (χ1n) is 8.61. The van der Waals surface area contributed by atoms with E-state index < -0.39 is 0 Å². The van der Waals surface area contributed by atoms with Gasteiger partial charge in [-0.3, -0.25) is 0 Å². The summed E-state index contributed by atoms with van der Waals surface area (Å²) in [7, 11) is 3.23. The van der Waals surface area contributed by atoms with Gasteiger partial charge in [-0.1, -0.05) is 26.0 Å². The molecule has 0 aliphatic heterocycles. The van der Waals surface area contributed by atoms with Crippen LogP contribution >= 0.6 is 0 Å². The number of urea groups is 1. The Kier molecular flexibility index (Phi) is 6.14. The molecule has 0 aliphatic carbocycles. The van der Waals surface area contributed by atoms with E-state index in [4.69, 9.17) is 9.47 Å². The molecule has 0 aliphatic rings. The minimum absolute atomic E-state index is 0.219. The van der Waals surface area contributed by atoms with Gasteiger partial charge in [-0.2, -0.15) is 0 Å². The van der Waals surface area contributed by atoms with Gasteiger partial charge in [-0.15, -0.1) is 0 Å². The molecule has 0 atom stereocenters. The summed E-state index contributed by atoms with van der Waals surface area (Å²) < 4.78 is 10.7. The Morgan fingerprint density at radius 3 is 2.15 bits per heavy atom. The van der Waals surface area contributed by atoms with Crippen LogP contribution in [0.15, 0.2) is 36.4 Å². The predicted molar refractivity (Wildman–Crippen MR) is 106 cm³/mol. The molecule has 5 heteroatoms. The van der Waals surface area contributed by atoms with Crippen molar-refractivity contribution < 1.29 is 14.3 Å². The van der Waals surface area contributed by atoms with Gasteiger partial charge >= 0.3 is 6.03 Å². The first kappa shape index (κ1) is 19.6. The highest BCUT2D eigenvalue weighted by molar-refractivity contribution is 5.89. The Hall–Kier alpha value is -2.69. The zero-order chi connectivity index (χ0) is 19.3. The smallest absolute Gasteiger partial charge is 0.319 e. The van der Waals surface area contributed by atoms with Gasteiger partial charge in [-0.25, -0.2) is 4.79 Å². The Morgan fingerprint density at radius 2 is 1.58 bits per heavy atom. The van der Waals surface area contributed by atoms with Crippen molar-refractivity contribution in [1.29, 1.82) is 0 Å². The van der Waals surface area contributed by atoms with Crippen LogP contribution in [0.5, 0.6) is 11.5 Å². The fraction of sp³-hybridized carbons (Fsp3) is 0.381. The molecule has 0 saturated heterocycles. The largest absolute Gasteiger partial charge is 0.493 e. The molecule has 2 N–H and O–H groups in total. The monoisotopic (exact) mass is 356 g/mol. The summed E-state index contributed by atoms with van der Waals surface area (Å²) in [6, 6.07) is 11.6. The van der Waals surface area contributed by atoms with Crippen molar-refractivity contribution in [3.05, 3.63) is 53.1 Å². The number of carbonyl (C=O) groups is 1. The van der Waals surface area contributed by atoms with Gasteiger partial charge in [0.05, 0.1) is 14.2 Å². The highest BCUT2D eigenvalue weighted by Gasteiger charge is 2.23. The molecule has 0 heterocycles. The molecule has 0 unspecified atom stereocenters. The SMILES string of the molecule is COc1ccc(C(C)(C)CNC(=O)Nc2cc(C)cc(C)c2)cc1OC. The average molecular weight is 356 g/mol. The number of nitrogens with one attached hydrogen (secondary N) is 2. The number of amides is 2. The molecule has 5 nitrogen and oxygen atoms in total. The van der Waals surface area contributed by atoms with Crippen LogP contribution in [0, 0.1) is 13.8 Å². The van der Waals surface area contributed by atoms with Crippen molar-refractivity contribution in [3.63, 3.8) is 0 Å². The van der Waals surface area contributed by atoms with Gasteiger partial charge in [0.2, 0.25) is 0 Å². The van der Waals surface area contributed by atoms with E-state index >= 15 is 0 Å². The lowest BCUT2D eigenvalue weighted by Crippen LogP contribution is -2.39. The van der Waals surface area contributed by atoms with Crippen molar-refractivity contribution in [2.24, 2.45) is 0 Å². The number of anilines is 1. The topological polar surface area (TPSA) is 59.6 Å². The van der Waals surface area contributed by atoms with Crippen molar-refractivity contribution in [2.75, 3.05) is 26.1 Å². The Morgan fingerprint density at radius 1 is 0.962 bits per heavy atom. The molecule has 0 saturated carbocycles. The van der Waals surface area contributed by atoms with Crippen LogP contribution in [0.1, 0.15) is 30.5 Å². The lowest BCUT2D eigenvalue weighted by atomic mass is 9.84. The van der Waals surface area contributed by atoms with E-state index in [1.54, 1.807) is 14.2 Å². The third-order valence-electron chi connectivity index (χ3n) is 4.34. The minimum Gasteiger partial charge on any atom is -0.493 e. The first-order chi connectivity index (χ1) is 12.2. The Labute approximate surface area is 155 Å². The second-order valence-corrected chi connectivity index (χ2v) is 7.14. The van der Waals surface area contributed by atoms with Crippen LogP contribution in [0.3, 0.4) is 0 Å². The minimum atomic E-state index is -0.264. The number of ether oxygens (including phenoxy) is 2. The molecule has 2 amide bonds. The third-order valence-corrected chi connectivity index (χ3v) is 4.34. The second-order valence-electron chi connectivity index (χ2n) is 7.14. The normalized spacial score (nSPS) is 11.0. The maximum atomic E-state index is 12.3. The zero-order valence-corrected chi connectivity index (χ0v) is 16.4. The standard InChI is InChI=1S/C21H28N2O3/c1-14-9-15(2)11-17(10-14)23-20(24)22-13-21(3,4)16-7-8-18(25-5)19(12-16)26-6/h7-12H,13H2,1-6H3,(H2,22,23,24). The van der Waals surface area contributed by atoms with Crippen LogP contribution < -0.4 is 20.1 Å². The molecule has 2 aromatic rings. The van der Waals surface area contributed by atoms with Crippen LogP contribution in [0.25, 0.3) is 0 Å². The molecule has 0 fully saturated rings. The van der Waals surface area contributed by atoms with Crippen LogP contribution in [0.2, 0.25) is 0 Å². The molecule has 140 valence electrons. The van der Waals surface area contributed by atoms with Crippen molar-refractivity contribution >= 4 is 11.7 Å². The molecule has 2 aromatic carbocycles. The van der Waals surface area contributed by atoms with Crippen molar-refractivity contribution in [2.45, 2.75) is 33.1 Å². The van der Waals surface area contributed by atoms with Gasteiger partial charge in [0, 0.05) is 17.6 Å². The number of carbonyl (C=O) groups excluding carboxylic acids is 1. The summed E-state index contributed by atoms with van der Waals surface area (Å²) in [5.74, 6) is 1.37. The predicted octanol–water partition coefficient (Wildman–Crippen LogP) is 4.42. The zero-order valence-electron chi connectivity index (χ0n) is 16.4. The van der Waals surface area contributed by atoms with Crippen molar-refractivity contribution in [3.8, 4) is 11.5 Å². The number of aryl methyl sites for hydroxylation is 2. The van der Waals surface area contributed by atoms with Crippen LogP contribution in [0.4, 0.5) is 10.5 Å². The summed E-state index contributed by atoms with van der Waals surface area (Å²) in [5, 5.41) is 5.85. The summed E-state index contributed by atoms with van der Waals surface area (Å²) in [6.45, 7) is 8.66. The highest BCUT2D eigenvalue weighted by Crippen LogP contribution is 2.32. The fourth-order valence-corrected chi connectivity index (χ4v) is 2.88. The molecular weight excluding hydrogens is 328 g/mol. The molecule has 0 aromatic heterocycles. The van der Waals surface area contributed by atoms with Crippen LogP contribution in [-0.4, -0.2) is 26.8 Å². The molecular formula is C21H28N2O3. The number of hydrogen-bond acceptors (Lipinski definition) is 3. The summed E-state index contributed by atoms with van der Waals surface area (Å²) in [6.07, 6.45) is 0. The number of methoxy groups -OCH3 is 2. The first-order valence-corrected chi connectivity index (χ1v) is 8.61. The molecule has 26 heavy (non-hydrogen) atoms. The number of rotatable bonds is 6. The van der Waals surface area contributed by atoms with Gasteiger partial charge in [0.15, 0.2) is 11.5 Å². The average Bonchev–Trinajstić information content (AvgIpc) is 2.58. The second kappa shape index (κ2) is 8.13. The van der Waals surface area contributed by atoms with Gasteiger partial charge in [0.1, 0.15) is 0 Å². The quantitative estimate of drug-likeness (QED) is 0.805. The van der Waals surface area contributed by atoms with Crippen molar-refractivity contribution in [1.82, 2.24) is 5.32 Å². The summed E-state index contributed by atoms with van der Waals surface area (Å²) in [5.41, 5.74) is 3.82. The maximum absolute atomic E-state index is 12.3. The van der Waals surface area contributed by atoms with E-state index in [1.165, 1.54) is 0 Å². The Balaban J connectivity index is 2.03. The van der Waals surface area contributed by atoms with E-state index in [1.807, 2.05) is 44.2 Å². The molecule has 0 spiro atoms. The van der Waals surface area contributed by atoms with Gasteiger partial charge in [0.25, 0.3) is 0 Å². The fourth-order valence-electron chi connectivity index (χ4n) is 2.88. The molecule has 0 bridgehead atoms. The summed E-state index contributed by atoms with van der Waals surface area (Å²) in [4.78, 5) is 12.3.